The van der Waals surface area contributed by atoms with Crippen LogP contribution in [0.5, 0.6) is 0 Å². The molecule has 16 heavy (non-hydrogen) atoms. The van der Waals surface area contributed by atoms with Crippen LogP contribution in [0.3, 0.4) is 0 Å². The van der Waals surface area contributed by atoms with Crippen molar-refractivity contribution in [2.24, 2.45) is 0 Å². The maximum Gasteiger partial charge on any atom is 0.264 e. The number of aliphatic hydroxyl groups is 1. The lowest BCUT2D eigenvalue weighted by atomic mass is 10.0. The Morgan fingerprint density at radius 2 is 2.12 bits per heavy atom. The molecule has 1 aromatic carbocycles. The highest BCUT2D eigenvalue weighted by atomic mass is 32.2. The highest BCUT2D eigenvalue weighted by Gasteiger charge is 2.06. The van der Waals surface area contributed by atoms with Crippen LogP contribution in [0.4, 0.5) is 0 Å². The molecule has 0 fully saturated rings. The van der Waals surface area contributed by atoms with Gasteiger partial charge in [-0.3, -0.25) is 4.18 Å². The second-order valence-electron chi connectivity index (χ2n) is 3.79. The monoisotopic (exact) mass is 244 g/mol. The first-order chi connectivity index (χ1) is 7.42. The third-order valence-corrected chi connectivity index (χ3v) is 2.78. The van der Waals surface area contributed by atoms with Gasteiger partial charge in [0.05, 0.1) is 12.9 Å². The second kappa shape index (κ2) is 5.43. The Morgan fingerprint density at radius 1 is 1.44 bits per heavy atom. The molecule has 1 rings (SSSR count). The molecule has 1 unspecified atom stereocenters. The van der Waals surface area contributed by atoms with Gasteiger partial charge >= 0.3 is 0 Å². The first kappa shape index (κ1) is 13.2. The lowest BCUT2D eigenvalue weighted by molar-refractivity contribution is 0.272. The van der Waals surface area contributed by atoms with Gasteiger partial charge in [-0.25, -0.2) is 0 Å². The van der Waals surface area contributed by atoms with Crippen LogP contribution in [0.15, 0.2) is 24.3 Å². The predicted octanol–water partition coefficient (Wildman–Crippen LogP) is 1.26. The van der Waals surface area contributed by atoms with Crippen LogP contribution in [-0.2, 0) is 20.9 Å². The third-order valence-electron chi connectivity index (χ3n) is 2.23. The van der Waals surface area contributed by atoms with E-state index in [1.165, 1.54) is 0 Å². The fourth-order valence-corrected chi connectivity index (χ4v) is 1.62. The minimum atomic E-state index is -3.41. The third kappa shape index (κ3) is 4.30. The summed E-state index contributed by atoms with van der Waals surface area (Å²) >= 11 is 0. The molecule has 1 atom stereocenters. The highest BCUT2D eigenvalue weighted by molar-refractivity contribution is 7.85. The molecule has 1 N–H and O–H groups in total. The Balaban J connectivity index is 2.75. The largest absolute Gasteiger partial charge is 0.396 e. The molecule has 0 aromatic heterocycles. The molecule has 0 saturated heterocycles. The van der Waals surface area contributed by atoms with Crippen molar-refractivity contribution in [2.75, 3.05) is 12.9 Å². The summed E-state index contributed by atoms with van der Waals surface area (Å²) < 4.78 is 26.3. The molecule has 0 aliphatic rings. The van der Waals surface area contributed by atoms with E-state index in [1.54, 1.807) is 6.07 Å². The summed E-state index contributed by atoms with van der Waals surface area (Å²) in [7, 11) is -3.41. The molecule has 5 heteroatoms. The molecule has 0 radical (unpaired) electrons. The van der Waals surface area contributed by atoms with Gasteiger partial charge in [-0.05, 0) is 11.1 Å². The molecule has 0 aliphatic carbocycles. The van der Waals surface area contributed by atoms with Crippen molar-refractivity contribution in [1.29, 1.82) is 0 Å². The average molecular weight is 244 g/mol. The zero-order valence-electron chi connectivity index (χ0n) is 9.38. The molecular weight excluding hydrogens is 228 g/mol. The molecule has 0 spiro atoms. The van der Waals surface area contributed by atoms with Crippen molar-refractivity contribution in [1.82, 2.24) is 0 Å². The summed E-state index contributed by atoms with van der Waals surface area (Å²) in [5.41, 5.74) is 1.75. The SMILES string of the molecule is CC(CO)c1cccc(COS(C)(=O)=O)c1. The molecule has 90 valence electrons. The van der Waals surface area contributed by atoms with E-state index < -0.39 is 10.1 Å². The van der Waals surface area contributed by atoms with Crippen molar-refractivity contribution in [2.45, 2.75) is 19.4 Å². The molecule has 1 aromatic rings. The number of hydrogen-bond donors (Lipinski definition) is 1. The van der Waals surface area contributed by atoms with Gasteiger partial charge in [-0.1, -0.05) is 31.2 Å². The van der Waals surface area contributed by atoms with Gasteiger partial charge in [-0.15, -0.1) is 0 Å². The maximum absolute atomic E-state index is 10.8. The maximum atomic E-state index is 10.8. The van der Waals surface area contributed by atoms with Crippen molar-refractivity contribution in [3.63, 3.8) is 0 Å². The molecule has 4 nitrogen and oxygen atoms in total. The molecule has 0 amide bonds. The summed E-state index contributed by atoms with van der Waals surface area (Å²) in [6.07, 6.45) is 1.02. The Morgan fingerprint density at radius 3 is 2.69 bits per heavy atom. The van der Waals surface area contributed by atoms with Gasteiger partial charge < -0.3 is 5.11 Å². The summed E-state index contributed by atoms with van der Waals surface area (Å²) in [5.74, 6) is 0.0400. The van der Waals surface area contributed by atoms with Gasteiger partial charge in [0.15, 0.2) is 0 Å². The number of aliphatic hydroxyl groups excluding tert-OH is 1. The Labute approximate surface area is 96.0 Å². The Hall–Kier alpha value is -0.910. The van der Waals surface area contributed by atoms with Crippen LogP contribution in [-0.4, -0.2) is 26.4 Å². The Bertz CT molecular complexity index is 439. The molecule has 0 heterocycles. The van der Waals surface area contributed by atoms with E-state index in [0.717, 1.165) is 17.4 Å². The first-order valence-corrected chi connectivity index (χ1v) is 6.78. The summed E-state index contributed by atoms with van der Waals surface area (Å²) in [4.78, 5) is 0. The van der Waals surface area contributed by atoms with Gasteiger partial charge in [0.2, 0.25) is 0 Å². The van der Waals surface area contributed by atoms with E-state index in [4.69, 9.17) is 9.29 Å². The van der Waals surface area contributed by atoms with Gasteiger partial charge in [-0.2, -0.15) is 8.42 Å². The van der Waals surface area contributed by atoms with Crippen LogP contribution >= 0.6 is 0 Å². The van der Waals surface area contributed by atoms with Crippen LogP contribution in [0.1, 0.15) is 24.0 Å². The molecule has 0 aliphatic heterocycles. The zero-order chi connectivity index (χ0) is 12.2. The molecule has 0 saturated carbocycles. The average Bonchev–Trinajstić information content (AvgIpc) is 2.25. The first-order valence-electron chi connectivity index (χ1n) is 4.96. The van der Waals surface area contributed by atoms with Crippen LogP contribution < -0.4 is 0 Å². The van der Waals surface area contributed by atoms with E-state index >= 15 is 0 Å². The van der Waals surface area contributed by atoms with E-state index in [1.807, 2.05) is 25.1 Å². The summed E-state index contributed by atoms with van der Waals surface area (Å²) in [6, 6.07) is 7.35. The van der Waals surface area contributed by atoms with E-state index in [2.05, 4.69) is 0 Å². The van der Waals surface area contributed by atoms with Crippen molar-refractivity contribution in [3.8, 4) is 0 Å². The predicted molar refractivity (Wildman–Crippen MR) is 61.6 cm³/mol. The van der Waals surface area contributed by atoms with E-state index in [-0.39, 0.29) is 19.1 Å². The number of rotatable bonds is 5. The van der Waals surface area contributed by atoms with Crippen molar-refractivity contribution < 1.29 is 17.7 Å². The number of benzene rings is 1. The minimum absolute atomic E-state index is 0.0326. The van der Waals surface area contributed by atoms with Crippen molar-refractivity contribution >= 4 is 10.1 Å². The lowest BCUT2D eigenvalue weighted by Gasteiger charge is -2.09. The molecule has 0 bridgehead atoms. The van der Waals surface area contributed by atoms with E-state index in [9.17, 15) is 8.42 Å². The van der Waals surface area contributed by atoms with Gasteiger partial charge in [0.1, 0.15) is 0 Å². The van der Waals surface area contributed by atoms with Crippen LogP contribution in [0, 0.1) is 0 Å². The zero-order valence-corrected chi connectivity index (χ0v) is 10.2. The lowest BCUT2D eigenvalue weighted by Crippen LogP contribution is -2.04. The summed E-state index contributed by atoms with van der Waals surface area (Å²) in [6.45, 7) is 2.00. The van der Waals surface area contributed by atoms with Gasteiger partial charge in [0.25, 0.3) is 10.1 Å². The highest BCUT2D eigenvalue weighted by Crippen LogP contribution is 2.16. The quantitative estimate of drug-likeness (QED) is 0.792. The van der Waals surface area contributed by atoms with Crippen LogP contribution in [0.25, 0.3) is 0 Å². The Kier molecular flexibility index (Phi) is 4.46. The van der Waals surface area contributed by atoms with E-state index in [0.29, 0.717) is 0 Å². The molecular formula is C11H16O4S. The van der Waals surface area contributed by atoms with Gasteiger partial charge in [0, 0.05) is 12.5 Å². The minimum Gasteiger partial charge on any atom is -0.396 e. The topological polar surface area (TPSA) is 63.6 Å². The normalized spacial score (nSPS) is 13.7. The van der Waals surface area contributed by atoms with Crippen molar-refractivity contribution in [3.05, 3.63) is 35.4 Å². The number of hydrogen-bond acceptors (Lipinski definition) is 4. The second-order valence-corrected chi connectivity index (χ2v) is 5.44. The van der Waals surface area contributed by atoms with Crippen LogP contribution in [0.2, 0.25) is 0 Å². The standard InChI is InChI=1S/C11H16O4S/c1-9(7-12)11-5-3-4-10(6-11)8-15-16(2,13)14/h3-6,9,12H,7-8H2,1-2H3. The summed E-state index contributed by atoms with van der Waals surface area (Å²) in [5, 5.41) is 9.01. The fraction of sp³-hybridized carbons (Fsp3) is 0.455. The smallest absolute Gasteiger partial charge is 0.264 e. The fourth-order valence-electron chi connectivity index (χ4n) is 1.27.